The van der Waals surface area contributed by atoms with Crippen molar-refractivity contribution in [3.8, 4) is 0 Å². The largest absolute Gasteiger partial charge is 0.356 e. The summed E-state index contributed by atoms with van der Waals surface area (Å²) in [5, 5.41) is 10.1. The van der Waals surface area contributed by atoms with E-state index in [0.29, 0.717) is 5.92 Å². The summed E-state index contributed by atoms with van der Waals surface area (Å²) >= 11 is 3.60. The molecule has 0 saturated carbocycles. The van der Waals surface area contributed by atoms with Gasteiger partial charge in [0.25, 0.3) is 0 Å². The van der Waals surface area contributed by atoms with Gasteiger partial charge in [-0.1, -0.05) is 19.9 Å². The van der Waals surface area contributed by atoms with E-state index in [2.05, 4.69) is 52.0 Å². The van der Waals surface area contributed by atoms with E-state index in [1.807, 2.05) is 13.2 Å². The lowest BCUT2D eigenvalue weighted by Crippen LogP contribution is -2.39. The minimum atomic E-state index is 0.490. The fourth-order valence-electron chi connectivity index (χ4n) is 2.06. The van der Waals surface area contributed by atoms with E-state index >= 15 is 0 Å². The van der Waals surface area contributed by atoms with E-state index in [1.165, 1.54) is 14.8 Å². The molecule has 2 N–H and O–H groups in total. The van der Waals surface area contributed by atoms with Gasteiger partial charge in [0.2, 0.25) is 0 Å². The third kappa shape index (κ3) is 5.10. The highest BCUT2D eigenvalue weighted by atomic mass is 32.1. The lowest BCUT2D eigenvalue weighted by molar-refractivity contribution is 0.706. The Bertz CT molecular complexity index is 575. The van der Waals surface area contributed by atoms with Crippen molar-refractivity contribution in [3.63, 3.8) is 0 Å². The molecule has 0 bridgehead atoms. The highest BCUT2D eigenvalue weighted by molar-refractivity contribution is 7.11. The zero-order valence-electron chi connectivity index (χ0n) is 13.4. The Hall–Kier alpha value is -1.40. The first-order valence-electron chi connectivity index (χ1n) is 7.64. The number of rotatable bonds is 7. The second-order valence-electron chi connectivity index (χ2n) is 5.12. The Balaban J connectivity index is 1.71. The fraction of sp³-hybridized carbons (Fsp3) is 0.500. The summed E-state index contributed by atoms with van der Waals surface area (Å²) in [6.45, 7) is 6.13. The number of nitrogens with one attached hydrogen (secondary N) is 2. The van der Waals surface area contributed by atoms with Gasteiger partial charge in [-0.15, -0.1) is 22.7 Å². The SMILES string of the molecule is CCc1cnc(CCNC(=NC)NCC(C)c2cccs2)s1. The average molecular weight is 337 g/mol. The first-order chi connectivity index (χ1) is 10.7. The molecule has 0 radical (unpaired) electrons. The van der Waals surface area contributed by atoms with Crippen LogP contribution in [0.2, 0.25) is 0 Å². The smallest absolute Gasteiger partial charge is 0.191 e. The molecule has 0 fully saturated rings. The van der Waals surface area contributed by atoms with Crippen LogP contribution in [0.4, 0.5) is 0 Å². The summed E-state index contributed by atoms with van der Waals surface area (Å²) < 4.78 is 0. The van der Waals surface area contributed by atoms with E-state index in [4.69, 9.17) is 0 Å². The van der Waals surface area contributed by atoms with Crippen molar-refractivity contribution in [2.24, 2.45) is 4.99 Å². The molecule has 0 aromatic carbocycles. The van der Waals surface area contributed by atoms with Crippen molar-refractivity contribution in [1.29, 1.82) is 0 Å². The second kappa shape index (κ2) is 8.90. The molecule has 0 spiro atoms. The van der Waals surface area contributed by atoms with Crippen molar-refractivity contribution in [1.82, 2.24) is 15.6 Å². The van der Waals surface area contributed by atoms with Gasteiger partial charge < -0.3 is 10.6 Å². The molecule has 0 saturated heterocycles. The Kier molecular flexibility index (Phi) is 6.86. The van der Waals surface area contributed by atoms with Crippen LogP contribution in [0.3, 0.4) is 0 Å². The molecule has 2 aromatic rings. The molecular weight excluding hydrogens is 312 g/mol. The Morgan fingerprint density at radius 3 is 2.91 bits per heavy atom. The van der Waals surface area contributed by atoms with E-state index in [-0.39, 0.29) is 0 Å². The Labute approximate surface area is 140 Å². The van der Waals surface area contributed by atoms with Crippen LogP contribution in [0, 0.1) is 0 Å². The van der Waals surface area contributed by atoms with Gasteiger partial charge in [-0.3, -0.25) is 4.99 Å². The highest BCUT2D eigenvalue weighted by Gasteiger charge is 2.07. The summed E-state index contributed by atoms with van der Waals surface area (Å²) in [6, 6.07) is 4.28. The molecule has 2 heterocycles. The van der Waals surface area contributed by atoms with E-state index in [1.54, 1.807) is 22.7 Å². The van der Waals surface area contributed by atoms with Gasteiger partial charge in [0.05, 0.1) is 5.01 Å². The van der Waals surface area contributed by atoms with Crippen molar-refractivity contribution < 1.29 is 0 Å². The van der Waals surface area contributed by atoms with Crippen LogP contribution < -0.4 is 10.6 Å². The standard InChI is InChI=1S/C16H24N4S2/c1-4-13-11-19-15(22-13)7-8-18-16(17-3)20-10-12(2)14-6-5-9-21-14/h5-6,9,11-12H,4,7-8,10H2,1-3H3,(H2,17,18,20). The molecule has 0 amide bonds. The zero-order valence-corrected chi connectivity index (χ0v) is 15.1. The molecule has 22 heavy (non-hydrogen) atoms. The van der Waals surface area contributed by atoms with Crippen molar-refractivity contribution in [2.45, 2.75) is 32.6 Å². The van der Waals surface area contributed by atoms with E-state index in [9.17, 15) is 0 Å². The first kappa shape index (κ1) is 17.0. The Morgan fingerprint density at radius 2 is 2.27 bits per heavy atom. The van der Waals surface area contributed by atoms with Crippen molar-refractivity contribution >= 4 is 28.6 Å². The molecule has 0 aliphatic carbocycles. The maximum atomic E-state index is 4.44. The van der Waals surface area contributed by atoms with Gasteiger partial charge in [-0.2, -0.15) is 0 Å². The number of aliphatic imine (C=N–C) groups is 1. The average Bonchev–Trinajstić information content (AvgIpc) is 3.21. The van der Waals surface area contributed by atoms with Crippen LogP contribution >= 0.6 is 22.7 Å². The molecule has 0 aliphatic heterocycles. The second-order valence-corrected chi connectivity index (χ2v) is 7.30. The minimum Gasteiger partial charge on any atom is -0.356 e. The summed E-state index contributed by atoms with van der Waals surface area (Å²) in [5.41, 5.74) is 0. The minimum absolute atomic E-state index is 0.490. The van der Waals surface area contributed by atoms with Crippen LogP contribution in [0.15, 0.2) is 28.7 Å². The lowest BCUT2D eigenvalue weighted by atomic mass is 10.1. The summed E-state index contributed by atoms with van der Waals surface area (Å²) in [6.07, 6.45) is 3.98. The van der Waals surface area contributed by atoms with Crippen LogP contribution in [0.5, 0.6) is 0 Å². The molecule has 6 heteroatoms. The van der Waals surface area contributed by atoms with Gasteiger partial charge in [0, 0.05) is 48.4 Å². The summed E-state index contributed by atoms with van der Waals surface area (Å²) in [4.78, 5) is 11.5. The van der Waals surface area contributed by atoms with Gasteiger partial charge in [0.15, 0.2) is 5.96 Å². The normalized spacial score (nSPS) is 13.1. The molecular formula is C16H24N4S2. The van der Waals surface area contributed by atoms with Gasteiger partial charge in [-0.25, -0.2) is 4.98 Å². The predicted octanol–water partition coefficient (Wildman–Crippen LogP) is 3.28. The monoisotopic (exact) mass is 336 g/mol. The highest BCUT2D eigenvalue weighted by Crippen LogP contribution is 2.19. The number of hydrogen-bond donors (Lipinski definition) is 2. The van der Waals surface area contributed by atoms with Crippen molar-refractivity contribution in [3.05, 3.63) is 38.5 Å². The number of aryl methyl sites for hydroxylation is 1. The summed E-state index contributed by atoms with van der Waals surface area (Å²) in [7, 11) is 1.81. The molecule has 1 unspecified atom stereocenters. The molecule has 4 nitrogen and oxygen atoms in total. The van der Waals surface area contributed by atoms with Crippen LogP contribution in [0.1, 0.15) is 34.5 Å². The predicted molar refractivity (Wildman–Crippen MR) is 97.3 cm³/mol. The van der Waals surface area contributed by atoms with E-state index < -0.39 is 0 Å². The van der Waals surface area contributed by atoms with Gasteiger partial charge in [-0.05, 0) is 17.9 Å². The topological polar surface area (TPSA) is 49.3 Å². The van der Waals surface area contributed by atoms with Crippen molar-refractivity contribution in [2.75, 3.05) is 20.1 Å². The lowest BCUT2D eigenvalue weighted by Gasteiger charge is -2.14. The third-order valence-electron chi connectivity index (χ3n) is 3.41. The number of thiazole rings is 1. The number of nitrogens with zero attached hydrogens (tertiary/aromatic N) is 2. The zero-order chi connectivity index (χ0) is 15.8. The number of aromatic nitrogens is 1. The van der Waals surface area contributed by atoms with Crippen LogP contribution in [-0.4, -0.2) is 31.1 Å². The van der Waals surface area contributed by atoms with Crippen LogP contribution in [-0.2, 0) is 12.8 Å². The maximum Gasteiger partial charge on any atom is 0.191 e. The Morgan fingerprint density at radius 1 is 1.41 bits per heavy atom. The first-order valence-corrected chi connectivity index (χ1v) is 9.34. The fourth-order valence-corrected chi connectivity index (χ4v) is 3.71. The summed E-state index contributed by atoms with van der Waals surface area (Å²) in [5.74, 6) is 1.35. The quantitative estimate of drug-likeness (QED) is 0.602. The molecule has 2 rings (SSSR count). The number of thiophene rings is 1. The number of guanidine groups is 1. The van der Waals surface area contributed by atoms with Gasteiger partial charge >= 0.3 is 0 Å². The molecule has 1 atom stereocenters. The maximum absolute atomic E-state index is 4.44. The molecule has 2 aromatic heterocycles. The van der Waals surface area contributed by atoms with Gasteiger partial charge in [0.1, 0.15) is 0 Å². The van der Waals surface area contributed by atoms with E-state index in [0.717, 1.165) is 31.9 Å². The third-order valence-corrected chi connectivity index (χ3v) is 5.71. The number of hydrogen-bond acceptors (Lipinski definition) is 4. The molecule has 120 valence electrons. The van der Waals surface area contributed by atoms with Crippen LogP contribution in [0.25, 0.3) is 0 Å². The molecule has 0 aliphatic rings.